The molecule has 0 unspecified atom stereocenters. The van der Waals surface area contributed by atoms with Gasteiger partial charge in [0, 0.05) is 13.7 Å². The number of halogens is 1. The number of benzene rings is 1. The molecule has 0 radical (unpaired) electrons. The van der Waals surface area contributed by atoms with Crippen molar-refractivity contribution in [3.05, 3.63) is 28.8 Å². The van der Waals surface area contributed by atoms with E-state index in [1.54, 1.807) is 12.1 Å². The zero-order valence-corrected chi connectivity index (χ0v) is 11.3. The molecular formula is C12H16ClN3O3. The van der Waals surface area contributed by atoms with Gasteiger partial charge in [0.1, 0.15) is 0 Å². The van der Waals surface area contributed by atoms with Crippen molar-refractivity contribution in [2.45, 2.75) is 0 Å². The Morgan fingerprint density at radius 3 is 2.79 bits per heavy atom. The summed E-state index contributed by atoms with van der Waals surface area (Å²) < 4.78 is 4.78. The van der Waals surface area contributed by atoms with Crippen molar-refractivity contribution >= 4 is 29.1 Å². The number of hydrogen-bond acceptors (Lipinski definition) is 4. The van der Waals surface area contributed by atoms with Gasteiger partial charge in [-0.2, -0.15) is 0 Å². The Bertz CT molecular complexity index is 466. The highest BCUT2D eigenvalue weighted by Crippen LogP contribution is 2.22. The average Bonchev–Trinajstić information content (AvgIpc) is 2.39. The topological polar surface area (TPSA) is 93.5 Å². The van der Waals surface area contributed by atoms with Crippen LogP contribution in [0.2, 0.25) is 5.02 Å². The Kier molecular flexibility index (Phi) is 6.11. The minimum atomic E-state index is -0.445. The van der Waals surface area contributed by atoms with E-state index >= 15 is 0 Å². The maximum Gasteiger partial charge on any atom is 0.253 e. The molecule has 1 aromatic rings. The van der Waals surface area contributed by atoms with Gasteiger partial charge < -0.3 is 21.1 Å². The van der Waals surface area contributed by atoms with Crippen molar-refractivity contribution < 1.29 is 14.3 Å². The van der Waals surface area contributed by atoms with Crippen molar-refractivity contribution in [3.63, 3.8) is 0 Å². The fraction of sp³-hybridized carbons (Fsp3) is 0.333. The first kappa shape index (κ1) is 15.3. The van der Waals surface area contributed by atoms with E-state index in [0.29, 0.717) is 18.8 Å². The summed E-state index contributed by atoms with van der Waals surface area (Å²) in [6, 6.07) is 4.75. The maximum absolute atomic E-state index is 11.8. The molecule has 0 aliphatic heterocycles. The second-order valence-electron chi connectivity index (χ2n) is 3.73. The van der Waals surface area contributed by atoms with Crippen LogP contribution in [0.15, 0.2) is 18.2 Å². The van der Waals surface area contributed by atoms with Crippen LogP contribution >= 0.6 is 11.6 Å². The van der Waals surface area contributed by atoms with Crippen LogP contribution in [-0.4, -0.2) is 38.6 Å². The van der Waals surface area contributed by atoms with Crippen LogP contribution in [0, 0.1) is 0 Å². The van der Waals surface area contributed by atoms with Gasteiger partial charge in [0.05, 0.1) is 29.4 Å². The lowest BCUT2D eigenvalue weighted by Gasteiger charge is -2.08. The molecule has 0 atom stereocenters. The maximum atomic E-state index is 11.8. The third-order valence-corrected chi connectivity index (χ3v) is 2.73. The second-order valence-corrected chi connectivity index (χ2v) is 4.11. The predicted octanol–water partition coefficient (Wildman–Crippen LogP) is 0.415. The Balaban J connectivity index is 2.47. The molecule has 2 amide bonds. The summed E-state index contributed by atoms with van der Waals surface area (Å²) in [4.78, 5) is 23.2. The van der Waals surface area contributed by atoms with E-state index in [4.69, 9.17) is 22.1 Å². The molecule has 19 heavy (non-hydrogen) atoms. The average molecular weight is 286 g/mol. The molecule has 0 saturated heterocycles. The lowest BCUT2D eigenvalue weighted by atomic mass is 10.2. The lowest BCUT2D eigenvalue weighted by molar-refractivity contribution is -0.120. The smallest absolute Gasteiger partial charge is 0.253 e. The van der Waals surface area contributed by atoms with Crippen LogP contribution in [-0.2, 0) is 9.53 Å². The summed E-state index contributed by atoms with van der Waals surface area (Å²) in [7, 11) is 1.54. The molecule has 6 nitrogen and oxygen atoms in total. The van der Waals surface area contributed by atoms with Gasteiger partial charge in [-0.05, 0) is 12.1 Å². The number of nitrogens with two attached hydrogens (primary N) is 1. The number of carbonyl (C=O) groups is 2. The number of amides is 2. The van der Waals surface area contributed by atoms with Crippen LogP contribution < -0.4 is 16.4 Å². The van der Waals surface area contributed by atoms with Gasteiger partial charge in [0.2, 0.25) is 5.91 Å². The van der Waals surface area contributed by atoms with Crippen molar-refractivity contribution in [1.29, 1.82) is 0 Å². The monoisotopic (exact) mass is 285 g/mol. The molecule has 7 heteroatoms. The largest absolute Gasteiger partial charge is 0.398 e. The SMILES string of the molecule is COCCNC(=O)CNC(=O)c1cccc(N)c1Cl. The van der Waals surface area contributed by atoms with Crippen molar-refractivity contribution in [2.75, 3.05) is 32.5 Å². The van der Waals surface area contributed by atoms with E-state index in [9.17, 15) is 9.59 Å². The van der Waals surface area contributed by atoms with Crippen LogP contribution in [0.3, 0.4) is 0 Å². The molecule has 1 aromatic carbocycles. The summed E-state index contributed by atoms with van der Waals surface area (Å²) in [6.07, 6.45) is 0. The van der Waals surface area contributed by atoms with Crippen molar-refractivity contribution in [2.24, 2.45) is 0 Å². The van der Waals surface area contributed by atoms with Crippen LogP contribution in [0.25, 0.3) is 0 Å². The van der Waals surface area contributed by atoms with Gasteiger partial charge in [0.25, 0.3) is 5.91 Å². The van der Waals surface area contributed by atoms with E-state index in [2.05, 4.69) is 10.6 Å². The quantitative estimate of drug-likeness (QED) is 0.521. The van der Waals surface area contributed by atoms with Crippen LogP contribution in [0.5, 0.6) is 0 Å². The number of carbonyl (C=O) groups excluding carboxylic acids is 2. The Morgan fingerprint density at radius 1 is 1.37 bits per heavy atom. The van der Waals surface area contributed by atoms with Crippen LogP contribution in [0.4, 0.5) is 5.69 Å². The highest BCUT2D eigenvalue weighted by Gasteiger charge is 2.12. The van der Waals surface area contributed by atoms with Gasteiger partial charge in [0.15, 0.2) is 0 Å². The van der Waals surface area contributed by atoms with Crippen molar-refractivity contribution in [3.8, 4) is 0 Å². The minimum Gasteiger partial charge on any atom is -0.398 e. The first-order valence-electron chi connectivity index (χ1n) is 5.64. The number of rotatable bonds is 6. The Labute approximate surface area is 116 Å². The Hall–Kier alpha value is -1.79. The van der Waals surface area contributed by atoms with Gasteiger partial charge in [-0.25, -0.2) is 0 Å². The van der Waals surface area contributed by atoms with E-state index in [-0.39, 0.29) is 23.0 Å². The summed E-state index contributed by atoms with van der Waals surface area (Å²) >= 11 is 5.90. The third kappa shape index (κ3) is 4.76. The number of hydrogen-bond donors (Lipinski definition) is 3. The van der Waals surface area contributed by atoms with Gasteiger partial charge in [-0.15, -0.1) is 0 Å². The molecule has 0 aliphatic carbocycles. The number of anilines is 1. The summed E-state index contributed by atoms with van der Waals surface area (Å²) in [5, 5.41) is 5.22. The molecule has 0 aliphatic rings. The highest BCUT2D eigenvalue weighted by molar-refractivity contribution is 6.36. The first-order chi connectivity index (χ1) is 9.06. The molecule has 0 fully saturated rings. The van der Waals surface area contributed by atoms with Gasteiger partial charge in [-0.1, -0.05) is 17.7 Å². The highest BCUT2D eigenvalue weighted by atomic mass is 35.5. The van der Waals surface area contributed by atoms with E-state index in [1.165, 1.54) is 13.2 Å². The molecule has 0 saturated carbocycles. The molecule has 0 spiro atoms. The zero-order chi connectivity index (χ0) is 14.3. The molecule has 104 valence electrons. The fourth-order valence-corrected chi connectivity index (χ4v) is 1.55. The summed E-state index contributed by atoms with van der Waals surface area (Å²) in [6.45, 7) is 0.679. The number of nitrogens with one attached hydrogen (secondary N) is 2. The minimum absolute atomic E-state index is 0.131. The van der Waals surface area contributed by atoms with E-state index in [0.717, 1.165) is 0 Å². The van der Waals surface area contributed by atoms with Crippen molar-refractivity contribution in [1.82, 2.24) is 10.6 Å². The van der Waals surface area contributed by atoms with E-state index in [1.807, 2.05) is 0 Å². The molecule has 0 heterocycles. The first-order valence-corrected chi connectivity index (χ1v) is 6.02. The Morgan fingerprint density at radius 2 is 2.11 bits per heavy atom. The summed E-state index contributed by atoms with van der Waals surface area (Å²) in [5.74, 6) is -0.746. The zero-order valence-electron chi connectivity index (χ0n) is 10.5. The van der Waals surface area contributed by atoms with E-state index < -0.39 is 5.91 Å². The predicted molar refractivity (Wildman–Crippen MR) is 73.1 cm³/mol. The third-order valence-electron chi connectivity index (χ3n) is 2.31. The van der Waals surface area contributed by atoms with Crippen LogP contribution in [0.1, 0.15) is 10.4 Å². The summed E-state index contributed by atoms with van der Waals surface area (Å²) in [5.41, 5.74) is 6.15. The normalized spacial score (nSPS) is 10.0. The van der Waals surface area contributed by atoms with Gasteiger partial charge >= 0.3 is 0 Å². The number of nitrogen functional groups attached to an aromatic ring is 1. The number of ether oxygens (including phenoxy) is 1. The number of methoxy groups -OCH3 is 1. The lowest BCUT2D eigenvalue weighted by Crippen LogP contribution is -2.38. The molecule has 1 rings (SSSR count). The second kappa shape index (κ2) is 7.60. The molecular weight excluding hydrogens is 270 g/mol. The molecule has 0 bridgehead atoms. The van der Waals surface area contributed by atoms with Gasteiger partial charge in [-0.3, -0.25) is 9.59 Å². The molecule has 4 N–H and O–H groups in total. The fourth-order valence-electron chi connectivity index (χ4n) is 1.34. The standard InChI is InChI=1S/C12H16ClN3O3/c1-19-6-5-15-10(17)7-16-12(18)8-3-2-4-9(14)11(8)13/h2-4H,5-7,14H2,1H3,(H,15,17)(H,16,18). The molecule has 0 aromatic heterocycles.